The van der Waals surface area contributed by atoms with Crippen molar-refractivity contribution in [1.29, 1.82) is 0 Å². The maximum atomic E-state index is 12.4. The van der Waals surface area contributed by atoms with E-state index < -0.39 is 14.4 Å². The summed E-state index contributed by atoms with van der Waals surface area (Å²) in [5.74, 6) is 0. The first-order valence-corrected chi connectivity index (χ1v) is 11.8. The smallest absolute Gasteiger partial charge is 0.410 e. The van der Waals surface area contributed by atoms with Gasteiger partial charge in [0.1, 0.15) is 6.61 Å². The highest BCUT2D eigenvalue weighted by Crippen LogP contribution is 2.37. The fraction of sp³-hybridized carbons (Fsp3) is 0.632. The molecule has 2 rings (SSSR count). The van der Waals surface area contributed by atoms with Crippen molar-refractivity contribution in [3.63, 3.8) is 0 Å². The molecular formula is C19H31NO4Si. The van der Waals surface area contributed by atoms with Crippen molar-refractivity contribution in [2.75, 3.05) is 13.2 Å². The summed E-state index contributed by atoms with van der Waals surface area (Å²) in [7, 11) is -1.93. The van der Waals surface area contributed by atoms with E-state index in [0.29, 0.717) is 19.6 Å². The summed E-state index contributed by atoms with van der Waals surface area (Å²) in [5.41, 5.74) is 0.949. The van der Waals surface area contributed by atoms with E-state index in [0.717, 1.165) is 5.56 Å². The Morgan fingerprint density at radius 2 is 1.92 bits per heavy atom. The Balaban J connectivity index is 1.94. The van der Waals surface area contributed by atoms with Crippen LogP contribution < -0.4 is 0 Å². The summed E-state index contributed by atoms with van der Waals surface area (Å²) in [6, 6.07) is 9.26. The average Bonchev–Trinajstić information content (AvgIpc) is 2.91. The minimum absolute atomic E-state index is 0.0925. The third-order valence-electron chi connectivity index (χ3n) is 5.37. The zero-order chi connectivity index (χ0) is 18.7. The molecule has 140 valence electrons. The molecule has 0 aromatic heterocycles. The van der Waals surface area contributed by atoms with Gasteiger partial charge in [-0.25, -0.2) is 4.79 Å². The Kier molecular flexibility index (Phi) is 6.29. The van der Waals surface area contributed by atoms with Gasteiger partial charge in [-0.15, -0.1) is 0 Å². The predicted molar refractivity (Wildman–Crippen MR) is 101 cm³/mol. The van der Waals surface area contributed by atoms with Crippen LogP contribution in [0.5, 0.6) is 0 Å². The molecule has 6 heteroatoms. The van der Waals surface area contributed by atoms with Gasteiger partial charge in [0, 0.05) is 6.54 Å². The van der Waals surface area contributed by atoms with Crippen LogP contribution in [0.1, 0.15) is 32.8 Å². The summed E-state index contributed by atoms with van der Waals surface area (Å²) < 4.78 is 11.6. The van der Waals surface area contributed by atoms with Gasteiger partial charge in [-0.2, -0.15) is 0 Å². The summed E-state index contributed by atoms with van der Waals surface area (Å²) in [6.45, 7) is 12.0. The minimum Gasteiger partial charge on any atom is -0.445 e. The number of carbonyl (C=O) groups is 1. The van der Waals surface area contributed by atoms with E-state index in [2.05, 4.69) is 33.9 Å². The molecule has 1 N–H and O–H groups in total. The Morgan fingerprint density at radius 3 is 2.52 bits per heavy atom. The summed E-state index contributed by atoms with van der Waals surface area (Å²) in [6.07, 6.45) is -0.385. The van der Waals surface area contributed by atoms with Crippen molar-refractivity contribution in [2.45, 2.75) is 64.1 Å². The van der Waals surface area contributed by atoms with E-state index in [1.807, 2.05) is 30.3 Å². The first-order chi connectivity index (χ1) is 11.6. The van der Waals surface area contributed by atoms with Crippen LogP contribution in [0.2, 0.25) is 18.1 Å². The summed E-state index contributed by atoms with van der Waals surface area (Å²) in [5, 5.41) is 10.4. The SMILES string of the molecule is CC(C)(C)[Si](C)(C)OC[C@@H]1[C@@H](O)CCN1C(=O)OCc1ccccc1. The number of likely N-dealkylation sites (tertiary alicyclic amines) is 1. The fourth-order valence-electron chi connectivity index (χ4n) is 2.58. The number of aliphatic hydroxyl groups excluding tert-OH is 1. The van der Waals surface area contributed by atoms with Gasteiger partial charge in [0.25, 0.3) is 0 Å². The van der Waals surface area contributed by atoms with Crippen molar-refractivity contribution in [2.24, 2.45) is 0 Å². The molecule has 5 nitrogen and oxygen atoms in total. The second kappa shape index (κ2) is 7.89. The number of hydrogen-bond donors (Lipinski definition) is 1. The molecule has 1 saturated heterocycles. The summed E-state index contributed by atoms with van der Waals surface area (Å²) in [4.78, 5) is 14.1. The van der Waals surface area contributed by atoms with Crippen LogP contribution in [0.4, 0.5) is 4.79 Å². The number of nitrogens with zero attached hydrogens (tertiary/aromatic N) is 1. The molecule has 1 aromatic carbocycles. The molecule has 0 spiro atoms. The molecule has 0 bridgehead atoms. The van der Waals surface area contributed by atoms with E-state index in [1.54, 1.807) is 4.90 Å². The maximum Gasteiger partial charge on any atom is 0.410 e. The van der Waals surface area contributed by atoms with Gasteiger partial charge in [-0.05, 0) is 30.1 Å². The first-order valence-electron chi connectivity index (χ1n) is 8.91. The van der Waals surface area contributed by atoms with Crippen molar-refractivity contribution in [3.8, 4) is 0 Å². The van der Waals surface area contributed by atoms with Crippen LogP contribution in [0, 0.1) is 0 Å². The Hall–Kier alpha value is -1.37. The third-order valence-corrected chi connectivity index (χ3v) is 9.87. The molecular weight excluding hydrogens is 334 g/mol. The maximum absolute atomic E-state index is 12.4. The molecule has 1 heterocycles. The van der Waals surface area contributed by atoms with E-state index >= 15 is 0 Å². The molecule has 1 fully saturated rings. The van der Waals surface area contributed by atoms with Gasteiger partial charge in [0.05, 0.1) is 18.8 Å². The van der Waals surface area contributed by atoms with Crippen LogP contribution in [0.3, 0.4) is 0 Å². The quantitative estimate of drug-likeness (QED) is 0.807. The van der Waals surface area contributed by atoms with Crippen LogP contribution in [0.15, 0.2) is 30.3 Å². The molecule has 0 unspecified atom stereocenters. The number of benzene rings is 1. The van der Waals surface area contributed by atoms with Crippen molar-refractivity contribution >= 4 is 14.4 Å². The molecule has 25 heavy (non-hydrogen) atoms. The van der Waals surface area contributed by atoms with E-state index in [1.165, 1.54) is 0 Å². The Labute approximate surface area is 152 Å². The highest BCUT2D eigenvalue weighted by molar-refractivity contribution is 6.74. The van der Waals surface area contributed by atoms with Crippen molar-refractivity contribution < 1.29 is 19.1 Å². The monoisotopic (exact) mass is 365 g/mol. The van der Waals surface area contributed by atoms with Crippen LogP contribution >= 0.6 is 0 Å². The van der Waals surface area contributed by atoms with Gasteiger partial charge < -0.3 is 19.2 Å². The van der Waals surface area contributed by atoms with Gasteiger partial charge in [0.2, 0.25) is 0 Å². The molecule has 1 amide bonds. The second-order valence-electron chi connectivity index (χ2n) is 8.23. The standard InChI is InChI=1S/C19H31NO4Si/c1-19(2,3)25(4,5)24-14-16-17(21)11-12-20(16)18(22)23-13-15-9-7-6-8-10-15/h6-10,16-17,21H,11-14H2,1-5H3/t16-,17+/m1/s1. The minimum atomic E-state index is -1.93. The molecule has 1 aromatic rings. The van der Waals surface area contributed by atoms with Crippen LogP contribution in [0.25, 0.3) is 0 Å². The largest absolute Gasteiger partial charge is 0.445 e. The van der Waals surface area contributed by atoms with Gasteiger partial charge in [-0.3, -0.25) is 0 Å². The average molecular weight is 366 g/mol. The number of amides is 1. The van der Waals surface area contributed by atoms with Crippen molar-refractivity contribution in [1.82, 2.24) is 4.90 Å². The van der Waals surface area contributed by atoms with E-state index in [-0.39, 0.29) is 23.8 Å². The number of ether oxygens (including phenoxy) is 1. The molecule has 0 radical (unpaired) electrons. The Bertz CT molecular complexity index is 571. The second-order valence-corrected chi connectivity index (χ2v) is 13.0. The van der Waals surface area contributed by atoms with Gasteiger partial charge in [-0.1, -0.05) is 51.1 Å². The van der Waals surface area contributed by atoms with E-state index in [4.69, 9.17) is 9.16 Å². The lowest BCUT2D eigenvalue weighted by molar-refractivity contribution is 0.0512. The van der Waals surface area contributed by atoms with Crippen molar-refractivity contribution in [3.05, 3.63) is 35.9 Å². The zero-order valence-electron chi connectivity index (χ0n) is 16.0. The lowest BCUT2D eigenvalue weighted by Crippen LogP contribution is -2.48. The number of hydrogen-bond acceptors (Lipinski definition) is 4. The fourth-order valence-corrected chi connectivity index (χ4v) is 3.60. The van der Waals surface area contributed by atoms with E-state index in [9.17, 15) is 9.90 Å². The van der Waals surface area contributed by atoms with Crippen LogP contribution in [-0.2, 0) is 15.8 Å². The molecule has 2 atom stereocenters. The topological polar surface area (TPSA) is 59.0 Å². The van der Waals surface area contributed by atoms with Gasteiger partial charge >= 0.3 is 6.09 Å². The first kappa shape index (κ1) is 19.9. The van der Waals surface area contributed by atoms with Crippen LogP contribution in [-0.4, -0.2) is 49.7 Å². The number of aliphatic hydroxyl groups is 1. The lowest BCUT2D eigenvalue weighted by Gasteiger charge is -2.38. The molecule has 0 saturated carbocycles. The Morgan fingerprint density at radius 1 is 1.28 bits per heavy atom. The third kappa shape index (κ3) is 5.06. The predicted octanol–water partition coefficient (Wildman–Crippen LogP) is 3.78. The zero-order valence-corrected chi connectivity index (χ0v) is 17.0. The molecule has 0 aliphatic carbocycles. The number of carbonyl (C=O) groups excluding carboxylic acids is 1. The lowest BCUT2D eigenvalue weighted by atomic mass is 10.2. The highest BCUT2D eigenvalue weighted by Gasteiger charge is 2.42. The molecule has 1 aliphatic heterocycles. The number of rotatable bonds is 5. The van der Waals surface area contributed by atoms with Gasteiger partial charge in [0.15, 0.2) is 8.32 Å². The highest BCUT2D eigenvalue weighted by atomic mass is 28.4. The normalized spacial score (nSPS) is 21.4. The molecule has 1 aliphatic rings. The summed E-state index contributed by atoms with van der Waals surface area (Å²) >= 11 is 0.